The van der Waals surface area contributed by atoms with Crippen molar-refractivity contribution in [2.75, 3.05) is 43.0 Å². The van der Waals surface area contributed by atoms with E-state index < -0.39 is 10.0 Å². The van der Waals surface area contributed by atoms with E-state index in [1.807, 2.05) is 35.7 Å². The van der Waals surface area contributed by atoms with Gasteiger partial charge in [0.25, 0.3) is 10.0 Å². The first kappa shape index (κ1) is 23.4. The van der Waals surface area contributed by atoms with Gasteiger partial charge in [-0.05, 0) is 49.1 Å². The number of fused-ring (bicyclic) bond motifs is 1. The molecule has 3 aliphatic heterocycles. The average Bonchev–Trinajstić information content (AvgIpc) is 3.12. The van der Waals surface area contributed by atoms with Crippen LogP contribution in [0.25, 0.3) is 0 Å². The number of anilines is 1. The second kappa shape index (κ2) is 9.71. The van der Waals surface area contributed by atoms with Gasteiger partial charge in [0.05, 0.1) is 5.92 Å². The molecule has 0 aromatic heterocycles. The van der Waals surface area contributed by atoms with Gasteiger partial charge in [0.2, 0.25) is 5.91 Å². The second-order valence-corrected chi connectivity index (χ2v) is 12.0. The van der Waals surface area contributed by atoms with Crippen LogP contribution < -0.4 is 5.32 Å². The number of thioether (sulfide) groups is 1. The minimum atomic E-state index is -3.67. The summed E-state index contributed by atoms with van der Waals surface area (Å²) in [6.45, 7) is 6.37. The first-order valence-corrected chi connectivity index (χ1v) is 14.4. The fourth-order valence-electron chi connectivity index (χ4n) is 4.92. The predicted octanol–water partition coefficient (Wildman–Crippen LogP) is 3.34. The molecular weight excluding hydrogens is 468 g/mol. The largest absolute Gasteiger partial charge is 0.355 e. The molecular formula is C25H30N4O3S2. The van der Waals surface area contributed by atoms with E-state index in [9.17, 15) is 13.2 Å². The number of carbonyl (C=O) groups excluding carboxylic acids is 1. The van der Waals surface area contributed by atoms with E-state index in [1.54, 1.807) is 18.2 Å². The minimum absolute atomic E-state index is 0.0247. The van der Waals surface area contributed by atoms with Gasteiger partial charge in [-0.3, -0.25) is 9.69 Å². The number of piperidine rings is 1. The fraction of sp³-hybridized carbons (Fsp3) is 0.440. The Labute approximate surface area is 205 Å². The van der Waals surface area contributed by atoms with Gasteiger partial charge >= 0.3 is 0 Å². The highest BCUT2D eigenvalue weighted by Gasteiger charge is 2.35. The molecule has 3 heterocycles. The SMILES string of the molecule is Cc1cc(CN2CCSCC2)ccc1NC(=O)C1CCCN(C2=NS(=O)(=O)c3ccccc32)C1. The van der Waals surface area contributed by atoms with Crippen molar-refractivity contribution >= 4 is 39.2 Å². The molecule has 2 aromatic rings. The molecule has 180 valence electrons. The molecule has 2 saturated heterocycles. The van der Waals surface area contributed by atoms with Crippen LogP contribution in [0, 0.1) is 12.8 Å². The summed E-state index contributed by atoms with van der Waals surface area (Å²) in [6, 6.07) is 13.2. The van der Waals surface area contributed by atoms with Gasteiger partial charge in [0, 0.05) is 55.5 Å². The molecule has 1 amide bonds. The molecule has 1 atom stereocenters. The second-order valence-electron chi connectivity index (χ2n) is 9.20. The molecule has 34 heavy (non-hydrogen) atoms. The standard InChI is InChI=1S/C25H30N4O3S2/c1-18-15-19(16-28-11-13-33-14-12-28)8-9-22(18)26-25(30)20-5-4-10-29(17-20)24-21-6-2-3-7-23(21)34(31,32)27-24/h2-3,6-9,15,20H,4-5,10-14,16-17H2,1H3,(H,26,30). The van der Waals surface area contributed by atoms with Crippen molar-refractivity contribution in [1.29, 1.82) is 0 Å². The highest BCUT2D eigenvalue weighted by Crippen LogP contribution is 2.30. The molecule has 1 unspecified atom stereocenters. The van der Waals surface area contributed by atoms with Gasteiger partial charge in [-0.2, -0.15) is 20.2 Å². The number of hydrogen-bond donors (Lipinski definition) is 1. The fourth-order valence-corrected chi connectivity index (χ4v) is 7.12. The number of sulfonamides is 1. The maximum Gasteiger partial charge on any atom is 0.285 e. The Hall–Kier alpha value is -2.36. The number of nitrogens with one attached hydrogen (secondary N) is 1. The molecule has 7 nitrogen and oxygen atoms in total. The van der Waals surface area contributed by atoms with E-state index in [2.05, 4.69) is 26.7 Å². The van der Waals surface area contributed by atoms with Crippen LogP contribution in [0.15, 0.2) is 51.8 Å². The smallest absolute Gasteiger partial charge is 0.285 e. The number of likely N-dealkylation sites (tertiary alicyclic amines) is 1. The lowest BCUT2D eigenvalue weighted by atomic mass is 9.96. The van der Waals surface area contributed by atoms with E-state index in [1.165, 1.54) is 17.1 Å². The van der Waals surface area contributed by atoms with E-state index >= 15 is 0 Å². The maximum absolute atomic E-state index is 13.1. The van der Waals surface area contributed by atoms with Gasteiger partial charge in [0.15, 0.2) is 5.84 Å². The van der Waals surface area contributed by atoms with E-state index in [4.69, 9.17) is 0 Å². The van der Waals surface area contributed by atoms with Crippen LogP contribution in [-0.2, 0) is 21.4 Å². The highest BCUT2D eigenvalue weighted by molar-refractivity contribution is 7.99. The monoisotopic (exact) mass is 498 g/mol. The molecule has 0 radical (unpaired) electrons. The van der Waals surface area contributed by atoms with Crippen molar-refractivity contribution in [2.45, 2.75) is 31.2 Å². The zero-order valence-electron chi connectivity index (χ0n) is 19.4. The molecule has 0 spiro atoms. The van der Waals surface area contributed by atoms with E-state index in [0.29, 0.717) is 24.5 Å². The third-order valence-electron chi connectivity index (χ3n) is 6.76. The Bertz CT molecular complexity index is 1220. The number of aryl methyl sites for hydroxylation is 1. The van der Waals surface area contributed by atoms with Crippen LogP contribution in [-0.4, -0.2) is 67.6 Å². The molecule has 2 aromatic carbocycles. The predicted molar refractivity (Wildman–Crippen MR) is 137 cm³/mol. The van der Waals surface area contributed by atoms with Crippen LogP contribution in [0.3, 0.4) is 0 Å². The van der Waals surface area contributed by atoms with E-state index in [0.717, 1.165) is 43.7 Å². The van der Waals surface area contributed by atoms with Gasteiger partial charge in [0.1, 0.15) is 4.90 Å². The van der Waals surface area contributed by atoms with Crippen LogP contribution >= 0.6 is 11.8 Å². The summed E-state index contributed by atoms with van der Waals surface area (Å²) in [7, 11) is -3.67. The number of amides is 1. The van der Waals surface area contributed by atoms with Gasteiger partial charge in [-0.15, -0.1) is 4.40 Å². The van der Waals surface area contributed by atoms with Crippen LogP contribution in [0.4, 0.5) is 5.69 Å². The lowest BCUT2D eigenvalue weighted by Crippen LogP contribution is -2.43. The minimum Gasteiger partial charge on any atom is -0.355 e. The molecule has 0 bridgehead atoms. The Morgan fingerprint density at radius 2 is 1.94 bits per heavy atom. The van der Waals surface area contributed by atoms with Crippen molar-refractivity contribution in [2.24, 2.45) is 10.3 Å². The number of nitrogens with zero attached hydrogens (tertiary/aromatic N) is 3. The third kappa shape index (κ3) is 4.87. The number of hydrogen-bond acceptors (Lipinski definition) is 6. The van der Waals surface area contributed by atoms with Gasteiger partial charge in [-0.1, -0.05) is 24.3 Å². The quantitative estimate of drug-likeness (QED) is 0.696. The normalized spacial score (nSPS) is 22.2. The van der Waals surface area contributed by atoms with Crippen LogP contribution in [0.2, 0.25) is 0 Å². The molecule has 0 aliphatic carbocycles. The number of amidine groups is 1. The summed E-state index contributed by atoms with van der Waals surface area (Å²) >= 11 is 2.01. The Kier molecular flexibility index (Phi) is 6.68. The Morgan fingerprint density at radius 3 is 2.74 bits per heavy atom. The molecule has 5 rings (SSSR count). The molecule has 3 aliphatic rings. The Balaban J connectivity index is 1.25. The van der Waals surface area contributed by atoms with Gasteiger partial charge in [-0.25, -0.2) is 0 Å². The zero-order valence-corrected chi connectivity index (χ0v) is 21.0. The van der Waals surface area contributed by atoms with Crippen LogP contribution in [0.5, 0.6) is 0 Å². The summed E-state index contributed by atoms with van der Waals surface area (Å²) in [5.74, 6) is 2.59. The summed E-state index contributed by atoms with van der Waals surface area (Å²) in [4.78, 5) is 17.8. The van der Waals surface area contributed by atoms with Crippen molar-refractivity contribution in [3.05, 3.63) is 59.2 Å². The van der Waals surface area contributed by atoms with Crippen molar-refractivity contribution in [1.82, 2.24) is 9.80 Å². The molecule has 1 N–H and O–H groups in total. The lowest BCUT2D eigenvalue weighted by Gasteiger charge is -2.33. The molecule has 9 heteroatoms. The molecule has 0 saturated carbocycles. The van der Waals surface area contributed by atoms with Crippen molar-refractivity contribution in [3.8, 4) is 0 Å². The maximum atomic E-state index is 13.1. The summed E-state index contributed by atoms with van der Waals surface area (Å²) < 4.78 is 29.0. The van der Waals surface area contributed by atoms with Gasteiger partial charge < -0.3 is 10.2 Å². The first-order chi connectivity index (χ1) is 16.4. The first-order valence-electron chi connectivity index (χ1n) is 11.8. The number of rotatable bonds is 4. The highest BCUT2D eigenvalue weighted by atomic mass is 32.2. The zero-order chi connectivity index (χ0) is 23.7. The Morgan fingerprint density at radius 1 is 1.15 bits per heavy atom. The summed E-state index contributed by atoms with van der Waals surface area (Å²) in [6.07, 6.45) is 1.58. The number of benzene rings is 2. The third-order valence-corrected chi connectivity index (χ3v) is 9.03. The van der Waals surface area contributed by atoms with Crippen molar-refractivity contribution < 1.29 is 13.2 Å². The lowest BCUT2D eigenvalue weighted by molar-refractivity contribution is -0.121. The average molecular weight is 499 g/mol. The topological polar surface area (TPSA) is 82.1 Å². The van der Waals surface area contributed by atoms with E-state index in [-0.39, 0.29) is 16.7 Å². The number of carbonyl (C=O) groups is 1. The summed E-state index contributed by atoms with van der Waals surface area (Å²) in [5, 5.41) is 3.12. The van der Waals surface area contributed by atoms with Crippen LogP contribution in [0.1, 0.15) is 29.5 Å². The van der Waals surface area contributed by atoms with Crippen molar-refractivity contribution in [3.63, 3.8) is 0 Å². The summed E-state index contributed by atoms with van der Waals surface area (Å²) in [5.41, 5.74) is 3.80. The molecule has 2 fully saturated rings.